The van der Waals surface area contributed by atoms with E-state index in [1.807, 2.05) is 37.3 Å². The first kappa shape index (κ1) is 25.9. The Bertz CT molecular complexity index is 848. The summed E-state index contributed by atoms with van der Waals surface area (Å²) in [6.45, 7) is 17.9. The Labute approximate surface area is 200 Å². The maximum absolute atomic E-state index is 13.8. The minimum atomic E-state index is -2.17. The van der Waals surface area contributed by atoms with Crippen LogP contribution in [-0.2, 0) is 25.1 Å². The summed E-state index contributed by atoms with van der Waals surface area (Å²) < 4.78 is 18.2. The second kappa shape index (κ2) is 9.51. The Balaban J connectivity index is 1.85. The van der Waals surface area contributed by atoms with Gasteiger partial charge in [-0.25, -0.2) is 9.69 Å². The van der Waals surface area contributed by atoms with Crippen LogP contribution in [0.5, 0.6) is 0 Å². The van der Waals surface area contributed by atoms with Crippen molar-refractivity contribution in [3.8, 4) is 0 Å². The molecule has 1 aromatic rings. The van der Waals surface area contributed by atoms with Crippen molar-refractivity contribution in [2.75, 3.05) is 13.2 Å². The fourth-order valence-corrected chi connectivity index (χ4v) is 5.97. The van der Waals surface area contributed by atoms with Crippen molar-refractivity contribution >= 4 is 20.3 Å². The van der Waals surface area contributed by atoms with Crippen LogP contribution in [0.3, 0.4) is 0 Å². The molecule has 33 heavy (non-hydrogen) atoms. The highest BCUT2D eigenvalue weighted by Gasteiger charge is 2.49. The molecule has 0 aliphatic carbocycles. The highest BCUT2D eigenvalue weighted by Crippen LogP contribution is 2.42. The molecule has 3 rings (SSSR count). The number of benzene rings is 1. The van der Waals surface area contributed by atoms with Crippen LogP contribution in [0.4, 0.5) is 4.79 Å². The van der Waals surface area contributed by atoms with Crippen molar-refractivity contribution < 1.29 is 23.5 Å². The third-order valence-electron chi connectivity index (χ3n) is 7.54. The molecule has 2 aliphatic rings. The maximum Gasteiger partial charge on any atom is 0.416 e. The summed E-state index contributed by atoms with van der Waals surface area (Å²) in [7, 11) is -2.17. The summed E-state index contributed by atoms with van der Waals surface area (Å²) in [5.41, 5.74) is 0.830. The number of ether oxygens (including phenoxy) is 2. The lowest BCUT2D eigenvalue weighted by atomic mass is 9.86. The predicted molar refractivity (Wildman–Crippen MR) is 132 cm³/mol. The maximum atomic E-state index is 13.8. The van der Waals surface area contributed by atoms with Gasteiger partial charge in [-0.15, -0.1) is 0 Å². The number of hydrogen-bond donors (Lipinski definition) is 0. The summed E-state index contributed by atoms with van der Waals surface area (Å²) in [6, 6.07) is 9.60. The summed E-state index contributed by atoms with van der Waals surface area (Å²) in [5, 5.41) is 0.00537. The molecule has 2 heterocycles. The zero-order valence-corrected chi connectivity index (χ0v) is 22.5. The Morgan fingerprint density at radius 2 is 1.85 bits per heavy atom. The molecule has 0 radical (unpaired) electrons. The van der Waals surface area contributed by atoms with E-state index in [-0.39, 0.29) is 41.2 Å². The molecule has 1 aromatic carbocycles. The molecular weight excluding hydrogens is 434 g/mol. The van der Waals surface area contributed by atoms with E-state index in [0.717, 1.165) is 12.0 Å². The average molecular weight is 476 g/mol. The van der Waals surface area contributed by atoms with Crippen LogP contribution < -0.4 is 0 Å². The van der Waals surface area contributed by atoms with E-state index in [2.05, 4.69) is 47.7 Å². The van der Waals surface area contributed by atoms with Crippen LogP contribution in [0.25, 0.3) is 0 Å². The third kappa shape index (κ3) is 5.87. The zero-order valence-electron chi connectivity index (χ0n) is 21.5. The van der Waals surface area contributed by atoms with E-state index < -0.39 is 20.3 Å². The molecule has 0 bridgehead atoms. The Morgan fingerprint density at radius 1 is 1.21 bits per heavy atom. The molecule has 4 atom stereocenters. The summed E-state index contributed by atoms with van der Waals surface area (Å²) in [6.07, 6.45) is 0.535. The van der Waals surface area contributed by atoms with Gasteiger partial charge in [0.1, 0.15) is 6.61 Å². The zero-order chi connectivity index (χ0) is 24.6. The highest BCUT2D eigenvalue weighted by molar-refractivity contribution is 6.74. The number of carbonyl (C=O) groups is 2. The van der Waals surface area contributed by atoms with Crippen molar-refractivity contribution in [1.29, 1.82) is 0 Å². The van der Waals surface area contributed by atoms with Gasteiger partial charge >= 0.3 is 6.09 Å². The average Bonchev–Trinajstić information content (AvgIpc) is 3.26. The first-order valence-electron chi connectivity index (χ1n) is 12.1. The van der Waals surface area contributed by atoms with Crippen molar-refractivity contribution in [3.05, 3.63) is 35.9 Å². The van der Waals surface area contributed by atoms with Gasteiger partial charge in [-0.3, -0.25) is 4.79 Å². The van der Waals surface area contributed by atoms with E-state index in [1.54, 1.807) is 0 Å². The molecule has 0 saturated carbocycles. The monoisotopic (exact) mass is 475 g/mol. The quantitative estimate of drug-likeness (QED) is 0.493. The molecule has 2 fully saturated rings. The molecule has 6 nitrogen and oxygen atoms in total. The first-order valence-corrected chi connectivity index (χ1v) is 15.0. The van der Waals surface area contributed by atoms with Gasteiger partial charge in [0.2, 0.25) is 5.91 Å². The van der Waals surface area contributed by atoms with Gasteiger partial charge in [-0.05, 0) is 50.4 Å². The molecule has 2 saturated heterocycles. The largest absolute Gasteiger partial charge is 0.447 e. The van der Waals surface area contributed by atoms with Crippen LogP contribution in [0.2, 0.25) is 18.1 Å². The summed E-state index contributed by atoms with van der Waals surface area (Å²) in [5.74, 6) is -0.600. The van der Waals surface area contributed by atoms with Gasteiger partial charge in [-0.2, -0.15) is 0 Å². The Morgan fingerprint density at radius 3 is 2.39 bits per heavy atom. The Hall–Kier alpha value is -1.70. The van der Waals surface area contributed by atoms with E-state index in [0.29, 0.717) is 13.0 Å². The lowest BCUT2D eigenvalue weighted by Crippen LogP contribution is -2.52. The lowest BCUT2D eigenvalue weighted by molar-refractivity contribution is -0.137. The lowest BCUT2D eigenvalue weighted by Gasteiger charge is -2.42. The van der Waals surface area contributed by atoms with Gasteiger partial charge in [0.05, 0.1) is 30.3 Å². The summed E-state index contributed by atoms with van der Waals surface area (Å²) >= 11 is 0. The van der Waals surface area contributed by atoms with Gasteiger partial charge in [0.15, 0.2) is 8.32 Å². The smallest absolute Gasteiger partial charge is 0.416 e. The van der Waals surface area contributed by atoms with Crippen LogP contribution in [0, 0.1) is 11.8 Å². The highest BCUT2D eigenvalue weighted by atomic mass is 28.4. The van der Waals surface area contributed by atoms with Crippen molar-refractivity contribution in [2.24, 2.45) is 11.8 Å². The van der Waals surface area contributed by atoms with Crippen molar-refractivity contribution in [2.45, 2.75) is 90.3 Å². The molecule has 0 spiro atoms. The standard InChI is InChI=1S/C26H41NO5Si/c1-18(22(20-15-26(5,6)31-16-20)32-33(7,8)25(2,3)4)23(28)27-21(17-30-24(27)29)14-19-12-10-9-11-13-19/h9-13,18,20-22H,14-17H2,1-8H3/t18-,20-,21-,22?/m1/s1. The minimum absolute atomic E-state index is 0.00537. The second-order valence-corrected chi connectivity index (χ2v) is 16.6. The summed E-state index contributed by atoms with van der Waals surface area (Å²) in [4.78, 5) is 27.7. The molecule has 0 aromatic heterocycles. The molecular formula is C26H41NO5Si. The number of nitrogens with zero attached hydrogens (tertiary/aromatic N) is 1. The number of carbonyl (C=O) groups excluding carboxylic acids is 2. The second-order valence-electron chi connectivity index (χ2n) is 11.8. The number of amides is 2. The van der Waals surface area contributed by atoms with E-state index in [4.69, 9.17) is 13.9 Å². The van der Waals surface area contributed by atoms with Gasteiger partial charge in [0.25, 0.3) is 0 Å². The fraction of sp³-hybridized carbons (Fsp3) is 0.692. The molecule has 0 N–H and O–H groups in total. The van der Waals surface area contributed by atoms with Crippen LogP contribution in [-0.4, -0.2) is 56.2 Å². The molecule has 7 heteroatoms. The molecule has 1 unspecified atom stereocenters. The van der Waals surface area contributed by atoms with Gasteiger partial charge in [-0.1, -0.05) is 58.0 Å². The van der Waals surface area contributed by atoms with Crippen LogP contribution in [0.15, 0.2) is 30.3 Å². The minimum Gasteiger partial charge on any atom is -0.447 e. The Kier molecular flexibility index (Phi) is 7.47. The third-order valence-corrected chi connectivity index (χ3v) is 12.0. The normalized spacial score (nSPS) is 25.1. The van der Waals surface area contributed by atoms with Crippen molar-refractivity contribution in [3.63, 3.8) is 0 Å². The van der Waals surface area contributed by atoms with Gasteiger partial charge in [0, 0.05) is 5.92 Å². The fourth-order valence-electron chi connectivity index (χ4n) is 4.54. The van der Waals surface area contributed by atoms with E-state index in [9.17, 15) is 9.59 Å². The van der Waals surface area contributed by atoms with Crippen LogP contribution in [0.1, 0.15) is 53.5 Å². The number of cyclic esters (lactones) is 1. The van der Waals surface area contributed by atoms with Crippen molar-refractivity contribution in [1.82, 2.24) is 4.90 Å². The van der Waals surface area contributed by atoms with E-state index in [1.165, 1.54) is 4.90 Å². The topological polar surface area (TPSA) is 65.1 Å². The van der Waals surface area contributed by atoms with Gasteiger partial charge < -0.3 is 13.9 Å². The predicted octanol–water partition coefficient (Wildman–Crippen LogP) is 5.42. The van der Waals surface area contributed by atoms with E-state index >= 15 is 0 Å². The first-order chi connectivity index (χ1) is 15.2. The number of hydrogen-bond acceptors (Lipinski definition) is 5. The molecule has 2 amide bonds. The number of imide groups is 1. The number of rotatable bonds is 7. The SMILES string of the molecule is C[C@@H](C(=O)N1C(=O)OC[C@H]1Cc1ccccc1)C(O[Si](C)(C)C(C)(C)C)[C@H]1COC(C)(C)C1. The molecule has 2 aliphatic heterocycles. The van der Waals surface area contributed by atoms with Crippen LogP contribution >= 0.6 is 0 Å². The molecule has 184 valence electrons.